The van der Waals surface area contributed by atoms with Crippen molar-refractivity contribution in [3.63, 3.8) is 0 Å². The summed E-state index contributed by atoms with van der Waals surface area (Å²) in [7, 11) is 0. The first-order valence-corrected chi connectivity index (χ1v) is 5.56. The van der Waals surface area contributed by atoms with Crippen molar-refractivity contribution in [2.45, 2.75) is 33.7 Å². The standard InChI is InChI=1S/C11H21NO4/c1-5-15-10(13)7-12(9(3)4)8-11(14)16-6-2/h9H,5-8H2,1-4H3. The van der Waals surface area contributed by atoms with Crippen LogP contribution in [0.5, 0.6) is 0 Å². The summed E-state index contributed by atoms with van der Waals surface area (Å²) in [5.74, 6) is -0.638. The van der Waals surface area contributed by atoms with E-state index in [9.17, 15) is 9.59 Å². The first-order chi connectivity index (χ1) is 7.51. The third-order valence-corrected chi connectivity index (χ3v) is 2.01. The summed E-state index contributed by atoms with van der Waals surface area (Å²) < 4.78 is 9.66. The van der Waals surface area contributed by atoms with Gasteiger partial charge in [0.2, 0.25) is 0 Å². The quantitative estimate of drug-likeness (QED) is 0.607. The SMILES string of the molecule is CCOC(=O)CN(CC(=O)OCC)C(C)C. The molecule has 0 unspecified atom stereocenters. The highest BCUT2D eigenvalue weighted by Crippen LogP contribution is 1.99. The van der Waals surface area contributed by atoms with Crippen molar-refractivity contribution in [2.75, 3.05) is 26.3 Å². The van der Waals surface area contributed by atoms with Crippen molar-refractivity contribution in [2.24, 2.45) is 0 Å². The number of rotatable bonds is 7. The highest BCUT2D eigenvalue weighted by Gasteiger charge is 2.18. The van der Waals surface area contributed by atoms with Crippen LogP contribution in [0.4, 0.5) is 0 Å². The number of hydrogen-bond donors (Lipinski definition) is 0. The molecule has 0 atom stereocenters. The Kier molecular flexibility index (Phi) is 7.54. The van der Waals surface area contributed by atoms with Gasteiger partial charge in [0.25, 0.3) is 0 Å². The Morgan fingerprint density at radius 1 is 1.00 bits per heavy atom. The Morgan fingerprint density at radius 2 is 1.38 bits per heavy atom. The second kappa shape index (κ2) is 8.10. The molecule has 0 aliphatic carbocycles. The predicted molar refractivity (Wildman–Crippen MR) is 60.0 cm³/mol. The lowest BCUT2D eigenvalue weighted by atomic mass is 10.3. The third kappa shape index (κ3) is 6.40. The molecule has 0 rings (SSSR count). The van der Waals surface area contributed by atoms with Gasteiger partial charge in [0.1, 0.15) is 0 Å². The molecule has 16 heavy (non-hydrogen) atoms. The number of esters is 2. The second-order valence-electron chi connectivity index (χ2n) is 3.61. The Bertz CT molecular complexity index is 208. The van der Waals surface area contributed by atoms with Gasteiger partial charge in [-0.1, -0.05) is 0 Å². The van der Waals surface area contributed by atoms with E-state index in [0.29, 0.717) is 13.2 Å². The molecule has 0 saturated heterocycles. The van der Waals surface area contributed by atoms with Gasteiger partial charge >= 0.3 is 11.9 Å². The van der Waals surface area contributed by atoms with Crippen molar-refractivity contribution in [3.8, 4) is 0 Å². The van der Waals surface area contributed by atoms with Crippen LogP contribution in [-0.2, 0) is 19.1 Å². The van der Waals surface area contributed by atoms with Gasteiger partial charge in [-0.3, -0.25) is 14.5 Å². The molecule has 0 heterocycles. The van der Waals surface area contributed by atoms with E-state index in [2.05, 4.69) is 0 Å². The van der Waals surface area contributed by atoms with Gasteiger partial charge in [-0.2, -0.15) is 0 Å². The minimum absolute atomic E-state index is 0.0915. The van der Waals surface area contributed by atoms with Gasteiger partial charge in [-0.15, -0.1) is 0 Å². The van der Waals surface area contributed by atoms with Crippen molar-refractivity contribution >= 4 is 11.9 Å². The maximum atomic E-state index is 11.3. The first-order valence-electron chi connectivity index (χ1n) is 5.56. The topological polar surface area (TPSA) is 55.8 Å². The lowest BCUT2D eigenvalue weighted by Crippen LogP contribution is -2.40. The van der Waals surface area contributed by atoms with E-state index in [0.717, 1.165) is 0 Å². The number of nitrogens with zero attached hydrogens (tertiary/aromatic N) is 1. The largest absolute Gasteiger partial charge is 0.465 e. The molecule has 0 aliphatic heterocycles. The van der Waals surface area contributed by atoms with Crippen molar-refractivity contribution in [1.29, 1.82) is 0 Å². The fraction of sp³-hybridized carbons (Fsp3) is 0.818. The Hall–Kier alpha value is -1.10. The van der Waals surface area contributed by atoms with Gasteiger partial charge in [0.05, 0.1) is 26.3 Å². The summed E-state index contributed by atoms with van der Waals surface area (Å²) in [6, 6.07) is 0.0915. The lowest BCUT2D eigenvalue weighted by molar-refractivity contribution is -0.148. The van der Waals surface area contributed by atoms with Crippen LogP contribution in [0.2, 0.25) is 0 Å². The zero-order valence-corrected chi connectivity index (χ0v) is 10.5. The minimum Gasteiger partial charge on any atom is -0.465 e. The Balaban J connectivity index is 4.17. The normalized spacial score (nSPS) is 10.6. The van der Waals surface area contributed by atoms with E-state index < -0.39 is 0 Å². The Labute approximate surface area is 96.7 Å². The van der Waals surface area contributed by atoms with Gasteiger partial charge in [-0.25, -0.2) is 0 Å². The van der Waals surface area contributed by atoms with E-state index >= 15 is 0 Å². The van der Waals surface area contributed by atoms with Crippen LogP contribution >= 0.6 is 0 Å². The molecule has 0 aromatic heterocycles. The zero-order chi connectivity index (χ0) is 12.6. The second-order valence-corrected chi connectivity index (χ2v) is 3.61. The fourth-order valence-corrected chi connectivity index (χ4v) is 1.17. The maximum absolute atomic E-state index is 11.3. The molecule has 0 radical (unpaired) electrons. The molecule has 0 fully saturated rings. The van der Waals surface area contributed by atoms with Crippen LogP contribution in [0, 0.1) is 0 Å². The zero-order valence-electron chi connectivity index (χ0n) is 10.5. The number of carbonyl (C=O) groups excluding carboxylic acids is 2. The van der Waals surface area contributed by atoms with E-state index in [-0.39, 0.29) is 31.1 Å². The molecule has 0 aromatic rings. The predicted octanol–water partition coefficient (Wildman–Crippen LogP) is 0.823. The van der Waals surface area contributed by atoms with E-state index in [1.165, 1.54) is 0 Å². The smallest absolute Gasteiger partial charge is 0.320 e. The van der Waals surface area contributed by atoms with Gasteiger partial charge in [-0.05, 0) is 27.7 Å². The molecule has 0 saturated carbocycles. The molecule has 0 aliphatic rings. The summed E-state index contributed by atoms with van der Waals surface area (Å²) in [6.07, 6.45) is 0. The highest BCUT2D eigenvalue weighted by atomic mass is 16.5. The number of ether oxygens (including phenoxy) is 2. The monoisotopic (exact) mass is 231 g/mol. The lowest BCUT2D eigenvalue weighted by Gasteiger charge is -2.23. The molecule has 0 aromatic carbocycles. The molecular weight excluding hydrogens is 210 g/mol. The molecule has 94 valence electrons. The molecule has 5 nitrogen and oxygen atoms in total. The van der Waals surface area contributed by atoms with Crippen LogP contribution in [0.1, 0.15) is 27.7 Å². The Morgan fingerprint density at radius 3 is 1.62 bits per heavy atom. The number of hydrogen-bond acceptors (Lipinski definition) is 5. The van der Waals surface area contributed by atoms with Crippen LogP contribution in [0.3, 0.4) is 0 Å². The van der Waals surface area contributed by atoms with Crippen LogP contribution in [0.25, 0.3) is 0 Å². The fourth-order valence-electron chi connectivity index (χ4n) is 1.17. The molecule has 0 N–H and O–H groups in total. The average Bonchev–Trinajstić information content (AvgIpc) is 2.17. The first kappa shape index (κ1) is 14.9. The van der Waals surface area contributed by atoms with Gasteiger partial charge in [0.15, 0.2) is 0 Å². The van der Waals surface area contributed by atoms with E-state index in [1.807, 2.05) is 13.8 Å². The van der Waals surface area contributed by atoms with Crippen LogP contribution in [-0.4, -0.2) is 49.2 Å². The summed E-state index contributed by atoms with van der Waals surface area (Å²) in [5, 5.41) is 0. The van der Waals surface area contributed by atoms with Crippen LogP contribution in [0.15, 0.2) is 0 Å². The van der Waals surface area contributed by atoms with Crippen molar-refractivity contribution in [3.05, 3.63) is 0 Å². The molecule has 0 bridgehead atoms. The van der Waals surface area contributed by atoms with E-state index in [1.54, 1.807) is 18.7 Å². The summed E-state index contributed by atoms with van der Waals surface area (Å²) in [6.45, 7) is 8.27. The number of carbonyl (C=O) groups is 2. The van der Waals surface area contributed by atoms with Gasteiger partial charge < -0.3 is 9.47 Å². The average molecular weight is 231 g/mol. The highest BCUT2D eigenvalue weighted by molar-refractivity contribution is 5.75. The third-order valence-electron chi connectivity index (χ3n) is 2.01. The molecular formula is C11H21NO4. The van der Waals surface area contributed by atoms with Crippen molar-refractivity contribution < 1.29 is 19.1 Å². The minimum atomic E-state index is -0.319. The summed E-state index contributed by atoms with van der Waals surface area (Å²) in [4.78, 5) is 24.3. The van der Waals surface area contributed by atoms with Crippen molar-refractivity contribution in [1.82, 2.24) is 4.90 Å². The molecule has 0 amide bonds. The molecule has 5 heteroatoms. The van der Waals surface area contributed by atoms with Crippen LogP contribution < -0.4 is 0 Å². The summed E-state index contributed by atoms with van der Waals surface area (Å²) >= 11 is 0. The summed E-state index contributed by atoms with van der Waals surface area (Å²) in [5.41, 5.74) is 0. The van der Waals surface area contributed by atoms with E-state index in [4.69, 9.17) is 9.47 Å². The van der Waals surface area contributed by atoms with Gasteiger partial charge in [0, 0.05) is 6.04 Å². The molecule has 0 spiro atoms. The maximum Gasteiger partial charge on any atom is 0.320 e.